The van der Waals surface area contributed by atoms with Gasteiger partial charge in [-0.25, -0.2) is 8.78 Å². The number of benzene rings is 3. The molecule has 0 saturated heterocycles. The number of hydrogen-bond donors (Lipinski definition) is 0. The molecule has 0 aliphatic heterocycles. The molecular formula is C26H24F2O3. The quantitative estimate of drug-likeness (QED) is 0.375. The zero-order valence-electron chi connectivity index (χ0n) is 17.4. The first kappa shape index (κ1) is 22.2. The van der Waals surface area contributed by atoms with E-state index in [0.29, 0.717) is 11.5 Å². The van der Waals surface area contributed by atoms with E-state index in [-0.39, 0.29) is 23.9 Å². The Bertz CT molecular complexity index is 1030. The highest BCUT2D eigenvalue weighted by molar-refractivity contribution is 5.76. The van der Waals surface area contributed by atoms with Gasteiger partial charge in [-0.1, -0.05) is 56.3 Å². The van der Waals surface area contributed by atoms with E-state index in [1.165, 1.54) is 30.3 Å². The lowest BCUT2D eigenvalue weighted by atomic mass is 9.95. The maximum absolute atomic E-state index is 14.2. The molecule has 0 fully saturated rings. The van der Waals surface area contributed by atoms with Crippen molar-refractivity contribution in [3.63, 3.8) is 0 Å². The molecule has 0 bridgehead atoms. The van der Waals surface area contributed by atoms with Gasteiger partial charge >= 0.3 is 5.97 Å². The van der Waals surface area contributed by atoms with Crippen LogP contribution in [0.25, 0.3) is 6.08 Å². The molecule has 160 valence electrons. The highest BCUT2D eigenvalue weighted by Crippen LogP contribution is 2.25. The van der Waals surface area contributed by atoms with Crippen LogP contribution in [0.15, 0.2) is 78.9 Å². The van der Waals surface area contributed by atoms with Crippen molar-refractivity contribution in [3.8, 4) is 11.5 Å². The second-order valence-electron chi connectivity index (χ2n) is 7.46. The predicted molar refractivity (Wildman–Crippen MR) is 116 cm³/mol. The molecule has 0 aliphatic carbocycles. The summed E-state index contributed by atoms with van der Waals surface area (Å²) in [6.07, 6.45) is 3.48. The summed E-state index contributed by atoms with van der Waals surface area (Å²) in [6.45, 7) is 3.59. The Hall–Kier alpha value is -3.47. The van der Waals surface area contributed by atoms with Gasteiger partial charge in [0.25, 0.3) is 0 Å². The minimum absolute atomic E-state index is 0.0261. The predicted octanol–water partition coefficient (Wildman–Crippen LogP) is 6.79. The third-order valence-corrected chi connectivity index (χ3v) is 4.72. The fourth-order valence-electron chi connectivity index (χ4n) is 2.96. The molecule has 0 aromatic heterocycles. The molecule has 0 saturated carbocycles. The molecule has 3 nitrogen and oxygen atoms in total. The highest BCUT2D eigenvalue weighted by atomic mass is 19.1. The standard InChI is InChI=1S/C26H24F2O3/c1-18(2)24(14-10-19-8-11-21(27)12-9-19)26(29)30-17-20-16-23(13-15-25(20)28)31-22-6-4-3-5-7-22/h3-16,18,24H,17H2,1-2H3. The van der Waals surface area contributed by atoms with E-state index in [1.807, 2.05) is 32.0 Å². The second-order valence-corrected chi connectivity index (χ2v) is 7.46. The van der Waals surface area contributed by atoms with Crippen LogP contribution in [0, 0.1) is 23.5 Å². The molecule has 3 aromatic carbocycles. The molecule has 0 aliphatic rings. The van der Waals surface area contributed by atoms with Crippen molar-refractivity contribution in [2.24, 2.45) is 11.8 Å². The normalized spacial score (nSPS) is 12.2. The lowest BCUT2D eigenvalue weighted by Crippen LogP contribution is -2.21. The Morgan fingerprint density at radius 2 is 1.65 bits per heavy atom. The van der Waals surface area contributed by atoms with Crippen molar-refractivity contribution in [1.82, 2.24) is 0 Å². The van der Waals surface area contributed by atoms with Gasteiger partial charge in [0.2, 0.25) is 0 Å². The molecule has 1 atom stereocenters. The summed E-state index contributed by atoms with van der Waals surface area (Å²) in [6, 6.07) is 19.4. The highest BCUT2D eigenvalue weighted by Gasteiger charge is 2.21. The maximum atomic E-state index is 14.2. The van der Waals surface area contributed by atoms with Crippen LogP contribution in [0.4, 0.5) is 8.78 Å². The summed E-state index contributed by atoms with van der Waals surface area (Å²) in [4.78, 5) is 12.6. The maximum Gasteiger partial charge on any atom is 0.313 e. The van der Waals surface area contributed by atoms with Gasteiger partial charge in [-0.05, 0) is 53.9 Å². The Kier molecular flexibility index (Phi) is 7.55. The monoisotopic (exact) mass is 422 g/mol. The number of hydrogen-bond acceptors (Lipinski definition) is 3. The third kappa shape index (κ3) is 6.51. The summed E-state index contributed by atoms with van der Waals surface area (Å²) in [5, 5.41) is 0. The van der Waals surface area contributed by atoms with Crippen LogP contribution in [0.3, 0.4) is 0 Å². The fourth-order valence-corrected chi connectivity index (χ4v) is 2.96. The molecule has 3 rings (SSSR count). The Morgan fingerprint density at radius 1 is 0.935 bits per heavy atom. The van der Waals surface area contributed by atoms with Crippen LogP contribution in [-0.4, -0.2) is 5.97 Å². The number of para-hydroxylation sites is 1. The van der Waals surface area contributed by atoms with Gasteiger partial charge < -0.3 is 9.47 Å². The first-order chi connectivity index (χ1) is 14.9. The SMILES string of the molecule is CC(C)C(C=Cc1ccc(F)cc1)C(=O)OCc1cc(Oc2ccccc2)ccc1F. The van der Waals surface area contributed by atoms with Crippen LogP contribution in [0.1, 0.15) is 25.0 Å². The number of carbonyl (C=O) groups excluding carboxylic acids is 1. The molecule has 3 aromatic rings. The smallest absolute Gasteiger partial charge is 0.313 e. The van der Waals surface area contributed by atoms with E-state index >= 15 is 0 Å². The van der Waals surface area contributed by atoms with Crippen LogP contribution in [0.5, 0.6) is 11.5 Å². The molecule has 0 amide bonds. The van der Waals surface area contributed by atoms with E-state index in [2.05, 4.69) is 0 Å². The lowest BCUT2D eigenvalue weighted by Gasteiger charge is -2.16. The minimum Gasteiger partial charge on any atom is -0.460 e. The molecule has 31 heavy (non-hydrogen) atoms. The van der Waals surface area contributed by atoms with Gasteiger partial charge in [-0.3, -0.25) is 4.79 Å². The van der Waals surface area contributed by atoms with E-state index in [4.69, 9.17) is 9.47 Å². The van der Waals surface area contributed by atoms with Crippen LogP contribution < -0.4 is 4.74 Å². The molecule has 5 heteroatoms. The van der Waals surface area contributed by atoms with Crippen molar-refractivity contribution in [2.45, 2.75) is 20.5 Å². The zero-order valence-corrected chi connectivity index (χ0v) is 17.4. The molecule has 0 heterocycles. The average Bonchev–Trinajstić information content (AvgIpc) is 2.76. The fraction of sp³-hybridized carbons (Fsp3) is 0.192. The lowest BCUT2D eigenvalue weighted by molar-refractivity contribution is -0.149. The first-order valence-electron chi connectivity index (χ1n) is 10.0. The molecule has 0 radical (unpaired) electrons. The number of ether oxygens (including phenoxy) is 2. The van der Waals surface area contributed by atoms with E-state index < -0.39 is 17.7 Å². The number of halogens is 2. The number of rotatable bonds is 8. The van der Waals surface area contributed by atoms with Crippen molar-refractivity contribution < 1.29 is 23.0 Å². The second kappa shape index (κ2) is 10.5. The summed E-state index contributed by atoms with van der Waals surface area (Å²) in [5.74, 6) is -0.715. The molecular weight excluding hydrogens is 398 g/mol. The first-order valence-corrected chi connectivity index (χ1v) is 10.0. The van der Waals surface area contributed by atoms with E-state index in [9.17, 15) is 13.6 Å². The van der Waals surface area contributed by atoms with E-state index in [0.717, 1.165) is 5.56 Å². The van der Waals surface area contributed by atoms with Gasteiger partial charge in [0.05, 0.1) is 5.92 Å². The number of esters is 1. The topological polar surface area (TPSA) is 35.5 Å². The minimum atomic E-state index is -0.517. The molecule has 0 spiro atoms. The van der Waals surface area contributed by atoms with Crippen molar-refractivity contribution in [2.75, 3.05) is 0 Å². The van der Waals surface area contributed by atoms with Gasteiger partial charge in [0.15, 0.2) is 0 Å². The summed E-state index contributed by atoms with van der Waals surface area (Å²) < 4.78 is 38.4. The van der Waals surface area contributed by atoms with Gasteiger partial charge in [0.1, 0.15) is 29.7 Å². The van der Waals surface area contributed by atoms with Crippen LogP contribution in [-0.2, 0) is 16.1 Å². The average molecular weight is 422 g/mol. The van der Waals surface area contributed by atoms with Crippen molar-refractivity contribution >= 4 is 12.0 Å². The van der Waals surface area contributed by atoms with Crippen molar-refractivity contribution in [3.05, 3.63) is 102 Å². The van der Waals surface area contributed by atoms with E-state index in [1.54, 1.807) is 36.4 Å². The van der Waals surface area contributed by atoms with Crippen molar-refractivity contribution in [1.29, 1.82) is 0 Å². The third-order valence-electron chi connectivity index (χ3n) is 4.72. The summed E-state index contributed by atoms with van der Waals surface area (Å²) in [7, 11) is 0. The summed E-state index contributed by atoms with van der Waals surface area (Å²) in [5.41, 5.74) is 1.00. The van der Waals surface area contributed by atoms with Gasteiger partial charge in [-0.15, -0.1) is 0 Å². The largest absolute Gasteiger partial charge is 0.460 e. The van der Waals surface area contributed by atoms with Crippen LogP contribution in [0.2, 0.25) is 0 Å². The Balaban J connectivity index is 1.66. The Labute approximate surface area is 180 Å². The van der Waals surface area contributed by atoms with Gasteiger partial charge in [0, 0.05) is 5.56 Å². The molecule has 1 unspecified atom stereocenters. The summed E-state index contributed by atoms with van der Waals surface area (Å²) >= 11 is 0. The van der Waals surface area contributed by atoms with Crippen LogP contribution >= 0.6 is 0 Å². The Morgan fingerprint density at radius 3 is 2.32 bits per heavy atom. The number of carbonyl (C=O) groups is 1. The van der Waals surface area contributed by atoms with Gasteiger partial charge in [-0.2, -0.15) is 0 Å². The zero-order chi connectivity index (χ0) is 22.2. The molecule has 0 N–H and O–H groups in total.